The average Bonchev–Trinajstić information content (AvgIpc) is 3.35. The van der Waals surface area contributed by atoms with Crippen LogP contribution in [0.15, 0.2) is 48.6 Å². The van der Waals surface area contributed by atoms with Crippen LogP contribution >= 0.6 is 0 Å². The number of hydrogen-bond acceptors (Lipinski definition) is 8. The van der Waals surface area contributed by atoms with Gasteiger partial charge in [-0.3, -0.25) is 0 Å². The zero-order chi connectivity index (χ0) is 53.9. The molecule has 8 nitrogen and oxygen atoms in total. The van der Waals surface area contributed by atoms with Crippen LogP contribution in [0.25, 0.3) is 0 Å². The number of aliphatic carboxylic acids is 4. The average molecular weight is 1250 g/mol. The quantitative estimate of drug-likeness (QED) is 0.0330. The molecule has 0 aliphatic carbocycles. The number of allylic oxidation sites excluding steroid dienone is 8. The number of unbranched alkanes of at least 4 members (excludes halogenated alkanes) is 36. The third kappa shape index (κ3) is 99.5. The Balaban J connectivity index is -0.000000206. The molecule has 0 aromatic heterocycles. The Bertz CT molecular complexity index is 1030. The summed E-state index contributed by atoms with van der Waals surface area (Å²) in [5.41, 5.74) is 0. The Kier molecular flexibility index (Phi) is 90.9. The second-order valence-electron chi connectivity index (χ2n) is 20.0. The first kappa shape index (κ1) is 83.8. The second-order valence-corrected chi connectivity index (χ2v) is 20.0. The van der Waals surface area contributed by atoms with Crippen molar-refractivity contribution in [2.24, 2.45) is 0 Å². The summed E-state index contributed by atoms with van der Waals surface area (Å²) in [5.74, 6) is -3.66. The van der Waals surface area contributed by atoms with E-state index in [0.29, 0.717) is 0 Å². The molecule has 0 rings (SSSR count). The van der Waals surface area contributed by atoms with Gasteiger partial charge >= 0.3 is 47.8 Å². The maximum absolute atomic E-state index is 10.2. The molecular weight excluding hydrogens is 1130 g/mol. The largest absolute Gasteiger partial charge is 2.00 e. The molecule has 0 aromatic carbocycles. The summed E-state index contributed by atoms with van der Waals surface area (Å²) in [5, 5.41) is 40.7. The molecule has 0 saturated heterocycles. The Hall–Kier alpha value is -1.56. The summed E-state index contributed by atoms with van der Waals surface area (Å²) in [4.78, 5) is 40.7. The maximum atomic E-state index is 10.2. The maximum Gasteiger partial charge on any atom is 2.00 e. The summed E-state index contributed by atoms with van der Waals surface area (Å²) in [6, 6.07) is 0. The van der Waals surface area contributed by atoms with Gasteiger partial charge in [0.1, 0.15) is 0 Å². The summed E-state index contributed by atoms with van der Waals surface area (Å²) >= 11 is 0. The molecule has 0 fully saturated rings. The third-order valence-electron chi connectivity index (χ3n) is 12.6. The van der Waals surface area contributed by atoms with Crippen LogP contribution in [0.4, 0.5) is 0 Å². The van der Waals surface area contributed by atoms with E-state index in [1.54, 1.807) is 0 Å². The predicted octanol–water partition coefficient (Wildman–Crippen LogP) is 15.2. The zero-order valence-electron chi connectivity index (χ0n) is 48.8. The van der Waals surface area contributed by atoms with Crippen LogP contribution in [-0.2, 0) is 19.2 Å². The van der Waals surface area contributed by atoms with Gasteiger partial charge in [0.2, 0.25) is 0 Å². The molecule has 0 unspecified atom stereocenters. The van der Waals surface area contributed by atoms with Crippen molar-refractivity contribution in [3.05, 3.63) is 48.6 Å². The van der Waals surface area contributed by atoms with Crippen LogP contribution in [-0.4, -0.2) is 71.7 Å². The van der Waals surface area contributed by atoms with Crippen molar-refractivity contribution < 1.29 is 39.6 Å². The van der Waals surface area contributed by atoms with E-state index in [0.717, 1.165) is 77.0 Å². The minimum atomic E-state index is -0.916. The number of carbonyl (C=O) groups excluding carboxylic acids is 4. The van der Waals surface area contributed by atoms with Crippen LogP contribution in [0.1, 0.15) is 336 Å². The van der Waals surface area contributed by atoms with Crippen molar-refractivity contribution in [2.75, 3.05) is 0 Å². The van der Waals surface area contributed by atoms with Crippen LogP contribution in [0.5, 0.6) is 0 Å². The van der Waals surface area contributed by atoms with Crippen LogP contribution in [0.3, 0.4) is 0 Å². The van der Waals surface area contributed by atoms with Gasteiger partial charge in [0.15, 0.2) is 0 Å². The van der Waals surface area contributed by atoms with E-state index in [1.165, 1.54) is 205 Å². The smallest absolute Gasteiger partial charge is 0.550 e. The predicted molar refractivity (Wildman–Crippen MR) is 312 cm³/mol. The molecule has 0 N–H and O–H groups in total. The molecule has 0 spiro atoms. The van der Waals surface area contributed by atoms with Gasteiger partial charge in [0, 0.05) is 23.9 Å². The Morgan fingerprint density at radius 1 is 0.216 bits per heavy atom. The zero-order valence-corrected chi connectivity index (χ0v) is 54.5. The number of hydrogen-bond donors (Lipinski definition) is 0. The number of rotatable bonds is 52. The first-order valence-corrected chi connectivity index (χ1v) is 30.5. The van der Waals surface area contributed by atoms with Crippen molar-refractivity contribution in [3.8, 4) is 0 Å². The molecule has 0 atom stereocenters. The third-order valence-corrected chi connectivity index (χ3v) is 12.6. The van der Waals surface area contributed by atoms with Gasteiger partial charge in [-0.2, -0.15) is 0 Å². The topological polar surface area (TPSA) is 161 Å². The van der Waals surface area contributed by atoms with Crippen molar-refractivity contribution in [1.82, 2.24) is 0 Å². The fraction of sp³-hybridized carbons (Fsp3) is 0.812. The van der Waals surface area contributed by atoms with Crippen molar-refractivity contribution in [2.45, 2.75) is 336 Å². The SMILES string of the molecule is CCCCCC/C=C\CCCCCCCC(=O)[O-].CCCCCC/C=C\CCCCCCCC(=O)[O-].CCCCCC/C=C\CCCCCCCC(=O)[O-].CCCCCC/C=C\CCCCCCCC(=O)[O-].[Sn+2].[Sn+2]. The molecule has 10 heteroatoms. The van der Waals surface area contributed by atoms with Crippen LogP contribution in [0.2, 0.25) is 0 Å². The van der Waals surface area contributed by atoms with E-state index < -0.39 is 23.9 Å². The molecule has 4 radical (unpaired) electrons. The van der Waals surface area contributed by atoms with Crippen molar-refractivity contribution in [3.63, 3.8) is 0 Å². The summed E-state index contributed by atoms with van der Waals surface area (Å²) in [7, 11) is 0. The number of carboxylic acid groups (broad SMARTS) is 4. The van der Waals surface area contributed by atoms with Gasteiger partial charge in [-0.25, -0.2) is 0 Å². The normalized spacial score (nSPS) is 10.9. The fourth-order valence-corrected chi connectivity index (χ4v) is 7.95. The van der Waals surface area contributed by atoms with Crippen LogP contribution < -0.4 is 20.4 Å². The second kappa shape index (κ2) is 80.3. The Labute approximate surface area is 492 Å². The first-order chi connectivity index (χ1) is 35.1. The van der Waals surface area contributed by atoms with Gasteiger partial charge in [0.05, 0.1) is 0 Å². The molecule has 428 valence electrons. The molecule has 0 saturated carbocycles. The molecule has 0 bridgehead atoms. The molecule has 0 amide bonds. The van der Waals surface area contributed by atoms with Gasteiger partial charge in [0.25, 0.3) is 0 Å². The number of carbonyl (C=O) groups is 4. The first-order valence-electron chi connectivity index (χ1n) is 30.5. The summed E-state index contributed by atoms with van der Waals surface area (Å²) in [6.45, 7) is 8.96. The fourth-order valence-electron chi connectivity index (χ4n) is 7.95. The molecular formula is C64H116O8Sn2. The van der Waals surface area contributed by atoms with Crippen molar-refractivity contribution >= 4 is 71.7 Å². The van der Waals surface area contributed by atoms with E-state index in [4.69, 9.17) is 0 Å². The van der Waals surface area contributed by atoms with Gasteiger partial charge < -0.3 is 39.6 Å². The Morgan fingerprint density at radius 3 is 0.473 bits per heavy atom. The van der Waals surface area contributed by atoms with E-state index >= 15 is 0 Å². The van der Waals surface area contributed by atoms with E-state index in [1.807, 2.05) is 0 Å². The minimum Gasteiger partial charge on any atom is -0.550 e. The Morgan fingerprint density at radius 2 is 0.338 bits per heavy atom. The molecule has 0 aliphatic heterocycles. The summed E-state index contributed by atoms with van der Waals surface area (Å²) < 4.78 is 0. The van der Waals surface area contributed by atoms with E-state index in [-0.39, 0.29) is 73.5 Å². The molecule has 0 aliphatic rings. The van der Waals surface area contributed by atoms with E-state index in [9.17, 15) is 39.6 Å². The number of carboxylic acids is 4. The molecule has 74 heavy (non-hydrogen) atoms. The minimum absolute atomic E-state index is 0. The van der Waals surface area contributed by atoms with Gasteiger partial charge in [-0.05, 0) is 154 Å². The monoisotopic (exact) mass is 1250 g/mol. The van der Waals surface area contributed by atoms with Gasteiger partial charge in [-0.15, -0.1) is 0 Å². The van der Waals surface area contributed by atoms with Crippen LogP contribution in [0, 0.1) is 0 Å². The van der Waals surface area contributed by atoms with Crippen molar-refractivity contribution in [1.29, 1.82) is 0 Å². The van der Waals surface area contributed by atoms with E-state index in [2.05, 4.69) is 76.3 Å². The summed E-state index contributed by atoms with van der Waals surface area (Å²) in [6.07, 6.45) is 71.9. The molecule has 0 aromatic rings. The standard InChI is InChI=1S/4C16H30O2.2Sn/c4*1-2-3-4-5-6-7-8-9-10-11-12-13-14-15-16(17)18;;/h4*7-8H,2-6,9-15H2,1H3,(H,17,18);;/q;;;;2*+2/p-4/b4*8-7-;;. The molecule has 0 heterocycles. The van der Waals surface area contributed by atoms with Gasteiger partial charge in [-0.1, -0.05) is 230 Å².